The van der Waals surface area contributed by atoms with Gasteiger partial charge in [-0.2, -0.15) is 0 Å². The van der Waals surface area contributed by atoms with E-state index in [-0.39, 0.29) is 5.75 Å². The van der Waals surface area contributed by atoms with Gasteiger partial charge in [-0.1, -0.05) is 42.5 Å². The molecule has 4 heteroatoms. The maximum Gasteiger partial charge on any atom is 0.124 e. The molecule has 0 spiro atoms. The maximum absolute atomic E-state index is 10.2. The van der Waals surface area contributed by atoms with Crippen molar-refractivity contribution in [2.45, 2.75) is 0 Å². The van der Waals surface area contributed by atoms with E-state index >= 15 is 0 Å². The smallest absolute Gasteiger partial charge is 0.124 e. The number of aromatic nitrogens is 2. The lowest BCUT2D eigenvalue weighted by molar-refractivity contribution is 0.475. The Bertz CT molecular complexity index is 1020. The van der Waals surface area contributed by atoms with Crippen LogP contribution in [0.3, 0.4) is 0 Å². The second kappa shape index (κ2) is 6.01. The monoisotopic (exact) mass is 313 g/mol. The molecule has 0 aliphatic heterocycles. The third-order valence-corrected chi connectivity index (χ3v) is 3.95. The average molecular weight is 313 g/mol. The first kappa shape index (κ1) is 14.2. The SMILES string of the molecule is Oc1ccc2ccccc2c1C=Nc1cccc(-c2cnc[nH]2)c1. The highest BCUT2D eigenvalue weighted by atomic mass is 16.3. The summed E-state index contributed by atoms with van der Waals surface area (Å²) >= 11 is 0. The minimum atomic E-state index is 0.224. The minimum Gasteiger partial charge on any atom is -0.507 e. The molecule has 4 nitrogen and oxygen atoms in total. The molecule has 0 aliphatic carbocycles. The fraction of sp³-hybridized carbons (Fsp3) is 0. The van der Waals surface area contributed by atoms with Crippen molar-refractivity contribution in [1.82, 2.24) is 9.97 Å². The van der Waals surface area contributed by atoms with Gasteiger partial charge in [0, 0.05) is 17.3 Å². The lowest BCUT2D eigenvalue weighted by Crippen LogP contribution is -1.86. The van der Waals surface area contributed by atoms with E-state index in [0.29, 0.717) is 0 Å². The Morgan fingerprint density at radius 1 is 1.00 bits per heavy atom. The Labute approximate surface area is 139 Å². The molecule has 116 valence electrons. The number of aromatic amines is 1. The van der Waals surface area contributed by atoms with E-state index in [2.05, 4.69) is 15.0 Å². The summed E-state index contributed by atoms with van der Waals surface area (Å²) in [7, 11) is 0. The average Bonchev–Trinajstić information content (AvgIpc) is 3.16. The zero-order valence-corrected chi connectivity index (χ0v) is 12.8. The fourth-order valence-electron chi connectivity index (χ4n) is 2.73. The van der Waals surface area contributed by atoms with Crippen LogP contribution in [-0.2, 0) is 0 Å². The van der Waals surface area contributed by atoms with Crippen molar-refractivity contribution in [2.24, 2.45) is 4.99 Å². The van der Waals surface area contributed by atoms with Crippen LogP contribution in [0.25, 0.3) is 22.0 Å². The standard InChI is InChI=1S/C20H15N3O/c24-20-9-8-14-4-1-2-7-17(14)18(20)11-22-16-6-3-5-15(10-16)19-12-21-13-23-19/h1-13,24H,(H,21,23). The summed E-state index contributed by atoms with van der Waals surface area (Å²) in [6.07, 6.45) is 5.14. The summed E-state index contributed by atoms with van der Waals surface area (Å²) in [6.45, 7) is 0. The lowest BCUT2D eigenvalue weighted by Gasteiger charge is -2.05. The Hall–Kier alpha value is -3.40. The molecule has 0 saturated heterocycles. The zero-order valence-electron chi connectivity index (χ0n) is 12.8. The van der Waals surface area contributed by atoms with Crippen LogP contribution in [0.4, 0.5) is 5.69 Å². The van der Waals surface area contributed by atoms with Gasteiger partial charge in [-0.25, -0.2) is 4.98 Å². The number of rotatable bonds is 3. The summed E-state index contributed by atoms with van der Waals surface area (Å²) in [5.74, 6) is 0.224. The molecule has 0 aliphatic rings. The number of phenolic OH excluding ortho intramolecular Hbond substituents is 1. The van der Waals surface area contributed by atoms with Crippen LogP contribution in [0.1, 0.15) is 5.56 Å². The van der Waals surface area contributed by atoms with Gasteiger partial charge < -0.3 is 10.1 Å². The molecular weight excluding hydrogens is 298 g/mol. The highest BCUT2D eigenvalue weighted by molar-refractivity contribution is 6.03. The normalized spacial score (nSPS) is 11.3. The molecule has 0 amide bonds. The molecule has 3 aromatic carbocycles. The van der Waals surface area contributed by atoms with Crippen molar-refractivity contribution in [2.75, 3.05) is 0 Å². The Kier molecular flexibility index (Phi) is 3.56. The lowest BCUT2D eigenvalue weighted by atomic mass is 10.0. The van der Waals surface area contributed by atoms with Gasteiger partial charge >= 0.3 is 0 Å². The third kappa shape index (κ3) is 2.65. The van der Waals surface area contributed by atoms with E-state index in [1.165, 1.54) is 0 Å². The van der Waals surface area contributed by atoms with Crippen molar-refractivity contribution in [3.8, 4) is 17.0 Å². The molecule has 0 saturated carbocycles. The van der Waals surface area contributed by atoms with E-state index in [0.717, 1.165) is 33.3 Å². The molecule has 4 rings (SSSR count). The topological polar surface area (TPSA) is 61.3 Å². The highest BCUT2D eigenvalue weighted by Crippen LogP contribution is 2.27. The summed E-state index contributed by atoms with van der Waals surface area (Å²) < 4.78 is 0. The largest absolute Gasteiger partial charge is 0.507 e. The van der Waals surface area contributed by atoms with Gasteiger partial charge in [0.05, 0.1) is 23.9 Å². The molecule has 0 fully saturated rings. The molecule has 24 heavy (non-hydrogen) atoms. The van der Waals surface area contributed by atoms with Crippen molar-refractivity contribution >= 4 is 22.7 Å². The molecule has 0 atom stereocenters. The Balaban J connectivity index is 1.74. The molecule has 0 radical (unpaired) electrons. The Morgan fingerprint density at radius 3 is 2.79 bits per heavy atom. The van der Waals surface area contributed by atoms with Gasteiger partial charge in [-0.15, -0.1) is 0 Å². The number of fused-ring (bicyclic) bond motifs is 1. The molecule has 1 heterocycles. The number of H-pyrrole nitrogens is 1. The molecular formula is C20H15N3O. The van der Waals surface area contributed by atoms with Crippen LogP contribution < -0.4 is 0 Å². The number of hydrogen-bond donors (Lipinski definition) is 2. The van der Waals surface area contributed by atoms with Crippen LogP contribution in [0, 0.1) is 0 Å². The second-order valence-electron chi connectivity index (χ2n) is 5.49. The predicted octanol–water partition coefficient (Wildman–Crippen LogP) is 4.69. The van der Waals surface area contributed by atoms with Crippen LogP contribution in [0.15, 0.2) is 78.2 Å². The van der Waals surface area contributed by atoms with Crippen molar-refractivity contribution in [1.29, 1.82) is 0 Å². The summed E-state index contributed by atoms with van der Waals surface area (Å²) in [5, 5.41) is 12.2. The Morgan fingerprint density at radius 2 is 1.92 bits per heavy atom. The van der Waals surface area contributed by atoms with E-state index in [1.807, 2.05) is 54.6 Å². The predicted molar refractivity (Wildman–Crippen MR) is 96.9 cm³/mol. The molecule has 4 aromatic rings. The van der Waals surface area contributed by atoms with Crippen molar-refractivity contribution in [3.63, 3.8) is 0 Å². The first-order valence-corrected chi connectivity index (χ1v) is 7.65. The van der Waals surface area contributed by atoms with Crippen LogP contribution in [0.5, 0.6) is 5.75 Å². The summed E-state index contributed by atoms with van der Waals surface area (Å²) in [4.78, 5) is 11.7. The molecule has 1 aromatic heterocycles. The number of benzene rings is 3. The number of nitrogens with zero attached hydrogens (tertiary/aromatic N) is 2. The van der Waals surface area contributed by atoms with Gasteiger partial charge in [0.15, 0.2) is 0 Å². The number of imidazole rings is 1. The third-order valence-electron chi connectivity index (χ3n) is 3.95. The molecule has 0 bridgehead atoms. The van der Waals surface area contributed by atoms with Crippen LogP contribution in [-0.4, -0.2) is 21.3 Å². The zero-order chi connectivity index (χ0) is 16.4. The van der Waals surface area contributed by atoms with Gasteiger partial charge in [0.25, 0.3) is 0 Å². The fourth-order valence-corrected chi connectivity index (χ4v) is 2.73. The van der Waals surface area contributed by atoms with E-state index in [4.69, 9.17) is 0 Å². The van der Waals surface area contributed by atoms with Crippen LogP contribution >= 0.6 is 0 Å². The highest BCUT2D eigenvalue weighted by Gasteiger charge is 2.04. The number of aromatic hydroxyl groups is 1. The van der Waals surface area contributed by atoms with Gasteiger partial charge in [-0.3, -0.25) is 4.99 Å². The summed E-state index contributed by atoms with van der Waals surface area (Å²) in [6, 6.07) is 19.4. The number of aliphatic imine (C=N–C) groups is 1. The van der Waals surface area contributed by atoms with Gasteiger partial charge in [0.1, 0.15) is 5.75 Å². The second-order valence-corrected chi connectivity index (χ2v) is 5.49. The minimum absolute atomic E-state index is 0.224. The van der Waals surface area contributed by atoms with Crippen molar-refractivity contribution in [3.05, 3.63) is 78.8 Å². The van der Waals surface area contributed by atoms with Crippen LogP contribution in [0.2, 0.25) is 0 Å². The van der Waals surface area contributed by atoms with Gasteiger partial charge in [0.2, 0.25) is 0 Å². The van der Waals surface area contributed by atoms with Gasteiger partial charge in [-0.05, 0) is 29.0 Å². The molecule has 2 N–H and O–H groups in total. The van der Waals surface area contributed by atoms with E-state index in [9.17, 15) is 5.11 Å². The van der Waals surface area contributed by atoms with Crippen molar-refractivity contribution < 1.29 is 5.11 Å². The quantitative estimate of drug-likeness (QED) is 0.539. The van der Waals surface area contributed by atoms with E-state index in [1.54, 1.807) is 24.8 Å². The number of nitrogens with one attached hydrogen (secondary N) is 1. The first-order valence-electron chi connectivity index (χ1n) is 7.65. The maximum atomic E-state index is 10.2. The molecule has 0 unspecified atom stereocenters. The first-order chi connectivity index (χ1) is 11.8. The van der Waals surface area contributed by atoms with E-state index < -0.39 is 0 Å². The number of phenols is 1. The summed E-state index contributed by atoms with van der Waals surface area (Å²) in [5.41, 5.74) is 3.50. The number of hydrogen-bond acceptors (Lipinski definition) is 3.